The molecule has 1 aromatic heterocycles. The SMILES string of the molecule is Fc1cc(F)c(NCc2ncc[nH]2)c(Br)c1. The van der Waals surface area contributed by atoms with Crippen LogP contribution in [-0.2, 0) is 6.54 Å². The number of rotatable bonds is 3. The van der Waals surface area contributed by atoms with Crippen molar-refractivity contribution >= 4 is 21.6 Å². The number of aromatic amines is 1. The highest BCUT2D eigenvalue weighted by Gasteiger charge is 2.09. The van der Waals surface area contributed by atoms with E-state index in [1.807, 2.05) is 0 Å². The van der Waals surface area contributed by atoms with E-state index in [-0.39, 0.29) is 5.69 Å². The van der Waals surface area contributed by atoms with Crippen LogP contribution in [0.4, 0.5) is 14.5 Å². The van der Waals surface area contributed by atoms with Crippen LogP contribution in [0.1, 0.15) is 5.82 Å². The van der Waals surface area contributed by atoms with Crippen molar-refractivity contribution in [1.82, 2.24) is 9.97 Å². The van der Waals surface area contributed by atoms with Crippen LogP contribution in [0.15, 0.2) is 29.0 Å². The summed E-state index contributed by atoms with van der Waals surface area (Å²) in [6, 6.07) is 2.03. The smallest absolute Gasteiger partial charge is 0.150 e. The van der Waals surface area contributed by atoms with Crippen molar-refractivity contribution in [3.05, 3.63) is 46.5 Å². The minimum Gasteiger partial charge on any atom is -0.375 e. The molecule has 3 nitrogen and oxygen atoms in total. The number of H-pyrrole nitrogens is 1. The molecule has 84 valence electrons. The minimum absolute atomic E-state index is 0.220. The van der Waals surface area contributed by atoms with Crippen LogP contribution >= 0.6 is 15.9 Å². The predicted octanol–water partition coefficient (Wildman–Crippen LogP) is 3.06. The summed E-state index contributed by atoms with van der Waals surface area (Å²) >= 11 is 3.09. The molecule has 16 heavy (non-hydrogen) atoms. The maximum absolute atomic E-state index is 13.4. The molecule has 0 aliphatic rings. The van der Waals surface area contributed by atoms with Crippen molar-refractivity contribution in [3.63, 3.8) is 0 Å². The van der Waals surface area contributed by atoms with E-state index in [9.17, 15) is 8.78 Å². The number of anilines is 1. The molecule has 0 atom stereocenters. The monoisotopic (exact) mass is 287 g/mol. The first-order valence-corrected chi connectivity index (χ1v) is 5.33. The third-order valence-corrected chi connectivity index (χ3v) is 2.62. The van der Waals surface area contributed by atoms with Gasteiger partial charge >= 0.3 is 0 Å². The molecular weight excluding hydrogens is 280 g/mol. The average molecular weight is 288 g/mol. The zero-order valence-electron chi connectivity index (χ0n) is 8.10. The maximum Gasteiger partial charge on any atom is 0.150 e. The summed E-state index contributed by atoms with van der Waals surface area (Å²) in [6.45, 7) is 0.341. The second kappa shape index (κ2) is 4.61. The van der Waals surface area contributed by atoms with Crippen molar-refractivity contribution in [2.75, 3.05) is 5.32 Å². The van der Waals surface area contributed by atoms with Gasteiger partial charge in [0.25, 0.3) is 0 Å². The maximum atomic E-state index is 13.4. The highest BCUT2D eigenvalue weighted by molar-refractivity contribution is 9.10. The molecule has 2 rings (SSSR count). The van der Waals surface area contributed by atoms with Gasteiger partial charge in [0.1, 0.15) is 17.5 Å². The Morgan fingerprint density at radius 2 is 2.19 bits per heavy atom. The number of halogens is 3. The molecule has 2 aromatic rings. The van der Waals surface area contributed by atoms with Gasteiger partial charge in [-0.3, -0.25) is 0 Å². The number of nitrogens with one attached hydrogen (secondary N) is 2. The Bertz CT molecular complexity index is 462. The molecule has 1 aromatic carbocycles. The fourth-order valence-electron chi connectivity index (χ4n) is 1.28. The predicted molar refractivity (Wildman–Crippen MR) is 60.0 cm³/mol. The number of hydrogen-bond acceptors (Lipinski definition) is 2. The van der Waals surface area contributed by atoms with E-state index < -0.39 is 11.6 Å². The number of imidazole rings is 1. The topological polar surface area (TPSA) is 40.7 Å². The van der Waals surface area contributed by atoms with Gasteiger partial charge in [-0.1, -0.05) is 0 Å². The third kappa shape index (κ3) is 2.38. The summed E-state index contributed by atoms with van der Waals surface area (Å²) in [7, 11) is 0. The average Bonchev–Trinajstić information content (AvgIpc) is 2.68. The van der Waals surface area contributed by atoms with Crippen LogP contribution in [-0.4, -0.2) is 9.97 Å². The minimum atomic E-state index is -0.640. The van der Waals surface area contributed by atoms with Gasteiger partial charge in [0.15, 0.2) is 0 Å². The van der Waals surface area contributed by atoms with Crippen molar-refractivity contribution in [3.8, 4) is 0 Å². The summed E-state index contributed by atoms with van der Waals surface area (Å²) in [5, 5.41) is 2.83. The van der Waals surface area contributed by atoms with Crippen molar-refractivity contribution in [2.45, 2.75) is 6.54 Å². The normalized spacial score (nSPS) is 10.4. The van der Waals surface area contributed by atoms with Crippen LogP contribution in [0, 0.1) is 11.6 Å². The van der Waals surface area contributed by atoms with Gasteiger partial charge in [-0.05, 0) is 22.0 Å². The Balaban J connectivity index is 2.15. The van der Waals surface area contributed by atoms with Crippen LogP contribution in [0.5, 0.6) is 0 Å². The molecular formula is C10H8BrF2N3. The fraction of sp³-hybridized carbons (Fsp3) is 0.100. The molecule has 0 bridgehead atoms. The van der Waals surface area contributed by atoms with Gasteiger partial charge in [-0.2, -0.15) is 0 Å². The van der Waals surface area contributed by atoms with Crippen LogP contribution < -0.4 is 5.32 Å². The van der Waals surface area contributed by atoms with Crippen molar-refractivity contribution < 1.29 is 8.78 Å². The van der Waals surface area contributed by atoms with Gasteiger partial charge in [0.05, 0.1) is 12.2 Å². The van der Waals surface area contributed by atoms with Crippen LogP contribution in [0.25, 0.3) is 0 Å². The summed E-state index contributed by atoms with van der Waals surface area (Å²) in [6.07, 6.45) is 3.28. The Morgan fingerprint density at radius 1 is 1.38 bits per heavy atom. The molecule has 0 aliphatic carbocycles. The lowest BCUT2D eigenvalue weighted by molar-refractivity contribution is 0.583. The Morgan fingerprint density at radius 3 is 2.81 bits per heavy atom. The van der Waals surface area contributed by atoms with Crippen LogP contribution in [0.3, 0.4) is 0 Å². The summed E-state index contributed by atoms with van der Waals surface area (Å²) in [4.78, 5) is 6.85. The van der Waals surface area contributed by atoms with Gasteiger partial charge < -0.3 is 10.3 Å². The third-order valence-electron chi connectivity index (χ3n) is 1.99. The highest BCUT2D eigenvalue weighted by Crippen LogP contribution is 2.26. The number of hydrogen-bond donors (Lipinski definition) is 2. The Hall–Kier alpha value is -1.43. The first kappa shape index (κ1) is 11.1. The number of aromatic nitrogens is 2. The Kier molecular flexibility index (Phi) is 3.19. The van der Waals surface area contributed by atoms with E-state index in [4.69, 9.17) is 0 Å². The molecule has 0 radical (unpaired) electrons. The molecule has 0 spiro atoms. The molecule has 0 aliphatic heterocycles. The lowest BCUT2D eigenvalue weighted by Gasteiger charge is -2.08. The summed E-state index contributed by atoms with van der Waals surface area (Å²) in [5.41, 5.74) is 0.220. The first-order chi connectivity index (χ1) is 7.66. The molecule has 1 heterocycles. The quantitative estimate of drug-likeness (QED) is 0.911. The molecule has 6 heteroatoms. The zero-order chi connectivity index (χ0) is 11.5. The van der Waals surface area contributed by atoms with Crippen molar-refractivity contribution in [1.29, 1.82) is 0 Å². The first-order valence-electron chi connectivity index (χ1n) is 4.53. The Labute approximate surface area is 99.0 Å². The van der Waals surface area contributed by atoms with E-state index in [0.717, 1.165) is 6.07 Å². The van der Waals surface area contributed by atoms with Gasteiger partial charge in [-0.15, -0.1) is 0 Å². The molecule has 0 fully saturated rings. The molecule has 0 saturated carbocycles. The second-order valence-electron chi connectivity index (χ2n) is 3.13. The largest absolute Gasteiger partial charge is 0.375 e. The standard InChI is InChI=1S/C10H8BrF2N3/c11-7-3-6(12)4-8(13)10(7)16-5-9-14-1-2-15-9/h1-4,16H,5H2,(H,14,15). The number of nitrogens with zero attached hydrogens (tertiary/aromatic N) is 1. The van der Waals surface area contributed by atoms with Crippen molar-refractivity contribution in [2.24, 2.45) is 0 Å². The molecule has 0 unspecified atom stereocenters. The lowest BCUT2D eigenvalue weighted by atomic mass is 10.3. The van der Waals surface area contributed by atoms with E-state index in [2.05, 4.69) is 31.2 Å². The van der Waals surface area contributed by atoms with Gasteiger partial charge in [0.2, 0.25) is 0 Å². The van der Waals surface area contributed by atoms with Gasteiger partial charge in [0, 0.05) is 22.9 Å². The zero-order valence-corrected chi connectivity index (χ0v) is 9.68. The highest BCUT2D eigenvalue weighted by atomic mass is 79.9. The van der Waals surface area contributed by atoms with E-state index in [1.165, 1.54) is 6.07 Å². The molecule has 0 amide bonds. The fourth-order valence-corrected chi connectivity index (χ4v) is 1.83. The lowest BCUT2D eigenvalue weighted by Crippen LogP contribution is -2.04. The molecule has 2 N–H and O–H groups in total. The van der Waals surface area contributed by atoms with Crippen LogP contribution in [0.2, 0.25) is 0 Å². The summed E-state index contributed by atoms with van der Waals surface area (Å²) < 4.78 is 26.5. The van der Waals surface area contributed by atoms with Gasteiger partial charge in [-0.25, -0.2) is 13.8 Å². The summed E-state index contributed by atoms with van der Waals surface area (Å²) in [5.74, 6) is -0.582. The van der Waals surface area contributed by atoms with E-state index in [1.54, 1.807) is 12.4 Å². The van der Waals surface area contributed by atoms with E-state index >= 15 is 0 Å². The van der Waals surface area contributed by atoms with E-state index in [0.29, 0.717) is 16.8 Å². The number of benzene rings is 1. The molecule has 0 saturated heterocycles. The second-order valence-corrected chi connectivity index (χ2v) is 3.99.